The highest BCUT2D eigenvalue weighted by molar-refractivity contribution is 7.09. The largest absolute Gasteiger partial charge is 0.355 e. The lowest BCUT2D eigenvalue weighted by Gasteiger charge is -2.22. The highest BCUT2D eigenvalue weighted by atomic mass is 32.1. The summed E-state index contributed by atoms with van der Waals surface area (Å²) >= 11 is 1.53. The molecular weight excluding hydrogens is 388 g/mol. The number of amides is 3. The first-order valence-corrected chi connectivity index (χ1v) is 10.6. The molecule has 0 aliphatic rings. The SMILES string of the molecule is CC(C)CCNC(=O)CN(Cc1cccs1)C(=O)CCC(=O)Nc1ccccn1. The predicted molar refractivity (Wildman–Crippen MR) is 114 cm³/mol. The van der Waals surface area contributed by atoms with Gasteiger partial charge in [0.25, 0.3) is 0 Å². The number of rotatable bonds is 11. The first-order valence-electron chi connectivity index (χ1n) is 9.71. The molecule has 7 nitrogen and oxygen atoms in total. The van der Waals surface area contributed by atoms with Gasteiger partial charge in [0, 0.05) is 30.5 Å². The van der Waals surface area contributed by atoms with Crippen LogP contribution in [0, 0.1) is 5.92 Å². The summed E-state index contributed by atoms with van der Waals surface area (Å²) < 4.78 is 0. The number of nitrogens with one attached hydrogen (secondary N) is 2. The lowest BCUT2D eigenvalue weighted by molar-refractivity contribution is -0.137. The monoisotopic (exact) mass is 416 g/mol. The molecule has 0 unspecified atom stereocenters. The van der Waals surface area contributed by atoms with Crippen molar-refractivity contribution in [2.45, 2.75) is 39.7 Å². The summed E-state index contributed by atoms with van der Waals surface area (Å²) in [6, 6.07) is 9.05. The molecule has 3 amide bonds. The Morgan fingerprint density at radius 2 is 1.93 bits per heavy atom. The van der Waals surface area contributed by atoms with Crippen LogP contribution >= 0.6 is 11.3 Å². The maximum absolute atomic E-state index is 12.7. The van der Waals surface area contributed by atoms with Gasteiger partial charge in [0.15, 0.2) is 0 Å². The summed E-state index contributed by atoms with van der Waals surface area (Å²) in [5, 5.41) is 7.45. The van der Waals surface area contributed by atoms with Crippen LogP contribution in [0.5, 0.6) is 0 Å². The first kappa shape index (κ1) is 22.5. The topological polar surface area (TPSA) is 91.4 Å². The van der Waals surface area contributed by atoms with Crippen molar-refractivity contribution < 1.29 is 14.4 Å². The van der Waals surface area contributed by atoms with Crippen molar-refractivity contribution in [1.29, 1.82) is 0 Å². The smallest absolute Gasteiger partial charge is 0.239 e. The molecule has 2 aromatic heterocycles. The molecule has 0 atom stereocenters. The van der Waals surface area contributed by atoms with Crippen LogP contribution < -0.4 is 10.6 Å². The number of hydrogen-bond acceptors (Lipinski definition) is 5. The van der Waals surface area contributed by atoms with Crippen LogP contribution in [-0.4, -0.2) is 40.7 Å². The maximum Gasteiger partial charge on any atom is 0.239 e. The molecule has 0 aliphatic heterocycles. The molecule has 8 heteroatoms. The molecule has 0 spiro atoms. The molecule has 0 fully saturated rings. The van der Waals surface area contributed by atoms with Gasteiger partial charge >= 0.3 is 0 Å². The number of pyridine rings is 1. The number of thiophene rings is 1. The van der Waals surface area contributed by atoms with Crippen molar-refractivity contribution in [3.05, 3.63) is 46.8 Å². The van der Waals surface area contributed by atoms with E-state index in [9.17, 15) is 14.4 Å². The molecular formula is C21H28N4O3S. The molecule has 0 saturated carbocycles. The Balaban J connectivity index is 1.87. The minimum atomic E-state index is -0.283. The number of nitrogens with zero attached hydrogens (tertiary/aromatic N) is 2. The molecule has 2 heterocycles. The Kier molecular flexibility index (Phi) is 9.30. The van der Waals surface area contributed by atoms with Gasteiger partial charge in [0.2, 0.25) is 17.7 Å². The van der Waals surface area contributed by atoms with Crippen molar-refractivity contribution in [3.63, 3.8) is 0 Å². The van der Waals surface area contributed by atoms with Gasteiger partial charge in [-0.3, -0.25) is 14.4 Å². The fourth-order valence-electron chi connectivity index (χ4n) is 2.57. The molecule has 0 bridgehead atoms. The third-order valence-corrected chi connectivity index (χ3v) is 5.02. The van der Waals surface area contributed by atoms with Crippen molar-refractivity contribution in [1.82, 2.24) is 15.2 Å². The van der Waals surface area contributed by atoms with Crippen LogP contribution in [0.15, 0.2) is 41.9 Å². The van der Waals surface area contributed by atoms with E-state index in [1.807, 2.05) is 17.5 Å². The van der Waals surface area contributed by atoms with E-state index in [0.29, 0.717) is 24.8 Å². The summed E-state index contributed by atoms with van der Waals surface area (Å²) in [6.45, 7) is 5.11. The lowest BCUT2D eigenvalue weighted by Crippen LogP contribution is -2.40. The molecule has 0 aromatic carbocycles. The molecule has 0 saturated heterocycles. The highest BCUT2D eigenvalue weighted by Crippen LogP contribution is 2.13. The number of aromatic nitrogens is 1. The Morgan fingerprint density at radius 1 is 1.10 bits per heavy atom. The van der Waals surface area contributed by atoms with Gasteiger partial charge in [-0.2, -0.15) is 0 Å². The molecule has 29 heavy (non-hydrogen) atoms. The number of anilines is 1. The van der Waals surface area contributed by atoms with Crippen LogP contribution in [0.4, 0.5) is 5.82 Å². The Bertz CT molecular complexity index is 778. The van der Waals surface area contributed by atoms with E-state index in [-0.39, 0.29) is 37.1 Å². The van der Waals surface area contributed by atoms with Gasteiger partial charge in [-0.1, -0.05) is 26.0 Å². The van der Waals surface area contributed by atoms with Gasteiger partial charge in [-0.15, -0.1) is 11.3 Å². The van der Waals surface area contributed by atoms with Crippen LogP contribution in [-0.2, 0) is 20.9 Å². The third-order valence-electron chi connectivity index (χ3n) is 4.16. The highest BCUT2D eigenvalue weighted by Gasteiger charge is 2.19. The molecule has 2 rings (SSSR count). The van der Waals surface area contributed by atoms with Gasteiger partial charge in [-0.05, 0) is 35.9 Å². The van der Waals surface area contributed by atoms with E-state index >= 15 is 0 Å². The Labute approximate surface area is 175 Å². The molecule has 2 aromatic rings. The van der Waals surface area contributed by atoms with Crippen molar-refractivity contribution in [3.8, 4) is 0 Å². The van der Waals surface area contributed by atoms with Gasteiger partial charge < -0.3 is 15.5 Å². The van der Waals surface area contributed by atoms with Crippen molar-refractivity contribution in [2.75, 3.05) is 18.4 Å². The van der Waals surface area contributed by atoms with Crippen molar-refractivity contribution >= 4 is 34.9 Å². The van der Waals surface area contributed by atoms with Crippen LogP contribution in [0.1, 0.15) is 38.0 Å². The Hall–Kier alpha value is -2.74. The normalized spacial score (nSPS) is 10.6. The zero-order valence-electron chi connectivity index (χ0n) is 16.9. The van der Waals surface area contributed by atoms with Crippen LogP contribution in [0.25, 0.3) is 0 Å². The van der Waals surface area contributed by atoms with Crippen molar-refractivity contribution in [2.24, 2.45) is 5.92 Å². The second-order valence-corrected chi connectivity index (χ2v) is 8.16. The summed E-state index contributed by atoms with van der Waals surface area (Å²) in [4.78, 5) is 43.6. The van der Waals surface area contributed by atoms with Crippen LogP contribution in [0.2, 0.25) is 0 Å². The predicted octanol–water partition coefficient (Wildman–Crippen LogP) is 3.05. The third kappa shape index (κ3) is 8.87. The van der Waals surface area contributed by atoms with E-state index in [4.69, 9.17) is 0 Å². The van der Waals surface area contributed by atoms with Gasteiger partial charge in [0.05, 0.1) is 13.1 Å². The summed E-state index contributed by atoms with van der Waals surface area (Å²) in [6.07, 6.45) is 2.54. The second-order valence-electron chi connectivity index (χ2n) is 7.12. The lowest BCUT2D eigenvalue weighted by atomic mass is 10.1. The number of carbonyl (C=O) groups is 3. The molecule has 2 N–H and O–H groups in total. The average Bonchev–Trinajstić information content (AvgIpc) is 3.19. The molecule has 0 aliphatic carbocycles. The summed E-state index contributed by atoms with van der Waals surface area (Å²) in [7, 11) is 0. The number of carbonyl (C=O) groups excluding carboxylic acids is 3. The maximum atomic E-state index is 12.7. The Morgan fingerprint density at radius 3 is 2.59 bits per heavy atom. The quantitative estimate of drug-likeness (QED) is 0.589. The fraction of sp³-hybridized carbons (Fsp3) is 0.429. The average molecular weight is 417 g/mol. The van der Waals surface area contributed by atoms with Gasteiger partial charge in [0.1, 0.15) is 5.82 Å². The van der Waals surface area contributed by atoms with E-state index in [1.54, 1.807) is 24.4 Å². The summed E-state index contributed by atoms with van der Waals surface area (Å²) in [5.74, 6) is 0.248. The van der Waals surface area contributed by atoms with E-state index in [1.165, 1.54) is 16.2 Å². The van der Waals surface area contributed by atoms with E-state index < -0.39 is 0 Å². The zero-order valence-corrected chi connectivity index (χ0v) is 17.7. The van der Waals surface area contributed by atoms with Crippen LogP contribution in [0.3, 0.4) is 0 Å². The number of hydrogen-bond donors (Lipinski definition) is 2. The zero-order chi connectivity index (χ0) is 21.1. The standard InChI is InChI=1S/C21H28N4O3S/c1-16(2)10-12-23-20(27)15-25(14-17-6-5-13-29-17)21(28)9-8-19(26)24-18-7-3-4-11-22-18/h3-7,11,13,16H,8-10,12,14-15H2,1-2H3,(H,23,27)(H,22,24,26). The summed E-state index contributed by atoms with van der Waals surface area (Å²) in [5.41, 5.74) is 0. The first-order chi connectivity index (χ1) is 13.9. The van der Waals surface area contributed by atoms with E-state index in [0.717, 1.165) is 11.3 Å². The fourth-order valence-corrected chi connectivity index (χ4v) is 3.29. The molecule has 0 radical (unpaired) electrons. The van der Waals surface area contributed by atoms with E-state index in [2.05, 4.69) is 29.5 Å². The van der Waals surface area contributed by atoms with Gasteiger partial charge in [-0.25, -0.2) is 4.98 Å². The minimum Gasteiger partial charge on any atom is -0.355 e. The second kappa shape index (κ2) is 12.0. The minimum absolute atomic E-state index is 0.0172. The molecule has 156 valence electrons.